The van der Waals surface area contributed by atoms with E-state index in [9.17, 15) is 4.79 Å². The highest BCUT2D eigenvalue weighted by Gasteiger charge is 2.16. The third-order valence-electron chi connectivity index (χ3n) is 4.12. The van der Waals surface area contributed by atoms with Crippen molar-refractivity contribution in [3.05, 3.63) is 41.9 Å². The summed E-state index contributed by atoms with van der Waals surface area (Å²) in [6.45, 7) is 3.96. The second kappa shape index (κ2) is 7.42. The molecule has 0 spiro atoms. The van der Waals surface area contributed by atoms with Gasteiger partial charge in [0.1, 0.15) is 0 Å². The number of nitrogens with one attached hydrogen (secondary N) is 2. The Labute approximate surface area is 136 Å². The lowest BCUT2D eigenvalue weighted by atomic mass is 10.1. The number of piperidine rings is 1. The third-order valence-corrected chi connectivity index (χ3v) is 4.12. The molecule has 0 bridgehead atoms. The van der Waals surface area contributed by atoms with Crippen LogP contribution in [0.2, 0.25) is 0 Å². The van der Waals surface area contributed by atoms with Crippen LogP contribution < -0.4 is 10.6 Å². The number of hydrogen-bond acceptors (Lipinski definition) is 4. The molecule has 2 heterocycles. The number of hydrogen-bond donors (Lipinski definition) is 2. The first-order valence-electron chi connectivity index (χ1n) is 8.22. The first-order chi connectivity index (χ1) is 11.2. The largest absolute Gasteiger partial charge is 0.441 e. The molecule has 0 unspecified atom stereocenters. The van der Waals surface area contributed by atoms with Crippen molar-refractivity contribution >= 4 is 5.91 Å². The summed E-state index contributed by atoms with van der Waals surface area (Å²) in [5.74, 6) is 1.42. The fourth-order valence-electron chi connectivity index (χ4n) is 2.77. The number of oxazole rings is 1. The molecule has 1 atom stereocenters. The van der Waals surface area contributed by atoms with Gasteiger partial charge in [-0.25, -0.2) is 4.98 Å². The van der Waals surface area contributed by atoms with Gasteiger partial charge in [0.05, 0.1) is 6.20 Å². The zero-order valence-electron chi connectivity index (χ0n) is 13.5. The molecule has 2 N–H and O–H groups in total. The van der Waals surface area contributed by atoms with Gasteiger partial charge in [-0.3, -0.25) is 4.79 Å². The van der Waals surface area contributed by atoms with Gasteiger partial charge in [0.2, 0.25) is 5.91 Å². The standard InChI is InChI=1S/C18H23N3O2/c1-13-4-6-14(7-5-13)16-12-20-18(23-16)9-8-17(22)21-15-3-2-10-19-11-15/h4-7,12,15,19H,2-3,8-11H2,1H3,(H,21,22)/t15-/m0/s1. The number of benzene rings is 1. The van der Waals surface area contributed by atoms with Gasteiger partial charge in [-0.05, 0) is 26.3 Å². The first kappa shape index (κ1) is 15.7. The lowest BCUT2D eigenvalue weighted by Crippen LogP contribution is -2.45. The molecular formula is C18H23N3O2. The Morgan fingerprint density at radius 2 is 2.22 bits per heavy atom. The summed E-state index contributed by atoms with van der Waals surface area (Å²) >= 11 is 0. The molecule has 1 aromatic carbocycles. The van der Waals surface area contributed by atoms with Crippen molar-refractivity contribution < 1.29 is 9.21 Å². The molecule has 1 amide bonds. The predicted molar refractivity (Wildman–Crippen MR) is 89.0 cm³/mol. The van der Waals surface area contributed by atoms with Crippen LogP contribution in [0.25, 0.3) is 11.3 Å². The van der Waals surface area contributed by atoms with Crippen LogP contribution in [0.15, 0.2) is 34.9 Å². The van der Waals surface area contributed by atoms with Gasteiger partial charge in [0, 0.05) is 31.0 Å². The monoisotopic (exact) mass is 313 g/mol. The summed E-state index contributed by atoms with van der Waals surface area (Å²) in [6.07, 6.45) is 4.82. The van der Waals surface area contributed by atoms with Gasteiger partial charge in [-0.1, -0.05) is 29.8 Å². The van der Waals surface area contributed by atoms with E-state index in [2.05, 4.69) is 22.5 Å². The van der Waals surface area contributed by atoms with E-state index >= 15 is 0 Å². The Morgan fingerprint density at radius 1 is 1.39 bits per heavy atom. The third kappa shape index (κ3) is 4.42. The molecule has 5 heteroatoms. The van der Waals surface area contributed by atoms with Gasteiger partial charge >= 0.3 is 0 Å². The van der Waals surface area contributed by atoms with Crippen molar-refractivity contribution in [2.45, 2.75) is 38.6 Å². The van der Waals surface area contributed by atoms with Crippen molar-refractivity contribution in [1.82, 2.24) is 15.6 Å². The fraction of sp³-hybridized carbons (Fsp3) is 0.444. The molecule has 3 rings (SSSR count). The smallest absolute Gasteiger partial charge is 0.220 e. The van der Waals surface area contributed by atoms with Crippen LogP contribution >= 0.6 is 0 Å². The van der Waals surface area contributed by atoms with Crippen LogP contribution in [-0.4, -0.2) is 30.0 Å². The molecule has 0 saturated carbocycles. The number of aryl methyl sites for hydroxylation is 2. The number of nitrogens with zero attached hydrogens (tertiary/aromatic N) is 1. The maximum atomic E-state index is 12.0. The number of carbonyl (C=O) groups is 1. The minimum Gasteiger partial charge on any atom is -0.441 e. The maximum Gasteiger partial charge on any atom is 0.220 e. The maximum absolute atomic E-state index is 12.0. The SMILES string of the molecule is Cc1ccc(-c2cnc(CCC(=O)N[C@H]3CCCNC3)o2)cc1. The minimum absolute atomic E-state index is 0.0637. The second-order valence-electron chi connectivity index (χ2n) is 6.10. The van der Waals surface area contributed by atoms with Crippen LogP contribution in [-0.2, 0) is 11.2 Å². The summed E-state index contributed by atoms with van der Waals surface area (Å²) in [6, 6.07) is 8.38. The van der Waals surface area contributed by atoms with Crippen LogP contribution in [0, 0.1) is 6.92 Å². The number of aromatic nitrogens is 1. The lowest BCUT2D eigenvalue weighted by molar-refractivity contribution is -0.121. The Morgan fingerprint density at radius 3 is 2.96 bits per heavy atom. The molecular weight excluding hydrogens is 290 g/mol. The fourth-order valence-corrected chi connectivity index (χ4v) is 2.77. The molecule has 5 nitrogen and oxygen atoms in total. The molecule has 0 radical (unpaired) electrons. The number of carbonyl (C=O) groups excluding carboxylic acids is 1. The van der Waals surface area contributed by atoms with E-state index in [1.807, 2.05) is 24.3 Å². The average molecular weight is 313 g/mol. The van der Waals surface area contributed by atoms with E-state index in [0.717, 1.165) is 37.3 Å². The average Bonchev–Trinajstić information content (AvgIpc) is 3.04. The predicted octanol–water partition coefficient (Wildman–Crippen LogP) is 2.45. The van der Waals surface area contributed by atoms with Crippen molar-refractivity contribution in [3.8, 4) is 11.3 Å². The van der Waals surface area contributed by atoms with E-state index in [-0.39, 0.29) is 11.9 Å². The van der Waals surface area contributed by atoms with Gasteiger partial charge in [0.15, 0.2) is 11.7 Å². The molecule has 2 aromatic rings. The number of rotatable bonds is 5. The number of amides is 1. The van der Waals surface area contributed by atoms with Crippen LogP contribution in [0.1, 0.15) is 30.7 Å². The second-order valence-corrected chi connectivity index (χ2v) is 6.10. The Kier molecular flexibility index (Phi) is 5.08. The molecule has 0 aliphatic carbocycles. The van der Waals surface area contributed by atoms with Crippen molar-refractivity contribution in [3.63, 3.8) is 0 Å². The van der Waals surface area contributed by atoms with E-state index in [0.29, 0.717) is 18.7 Å². The Balaban J connectivity index is 1.50. The summed E-state index contributed by atoms with van der Waals surface area (Å²) in [4.78, 5) is 16.3. The summed E-state index contributed by atoms with van der Waals surface area (Å²) in [5, 5.41) is 6.36. The van der Waals surface area contributed by atoms with E-state index < -0.39 is 0 Å². The Hall–Kier alpha value is -2.14. The Bertz CT molecular complexity index is 643. The molecule has 23 heavy (non-hydrogen) atoms. The molecule has 1 aromatic heterocycles. The first-order valence-corrected chi connectivity index (χ1v) is 8.22. The summed E-state index contributed by atoms with van der Waals surface area (Å²) in [7, 11) is 0. The zero-order chi connectivity index (χ0) is 16.1. The van der Waals surface area contributed by atoms with Crippen LogP contribution in [0.4, 0.5) is 0 Å². The molecule has 122 valence electrons. The van der Waals surface area contributed by atoms with Crippen molar-refractivity contribution in [2.75, 3.05) is 13.1 Å². The van der Waals surface area contributed by atoms with Crippen molar-refractivity contribution in [2.24, 2.45) is 0 Å². The van der Waals surface area contributed by atoms with Gasteiger partial charge in [0.25, 0.3) is 0 Å². The quantitative estimate of drug-likeness (QED) is 0.890. The lowest BCUT2D eigenvalue weighted by Gasteiger charge is -2.23. The molecule has 1 aliphatic rings. The van der Waals surface area contributed by atoms with Crippen LogP contribution in [0.5, 0.6) is 0 Å². The molecule has 1 saturated heterocycles. The van der Waals surface area contributed by atoms with E-state index in [1.54, 1.807) is 6.20 Å². The van der Waals surface area contributed by atoms with Gasteiger partial charge in [-0.2, -0.15) is 0 Å². The highest BCUT2D eigenvalue weighted by atomic mass is 16.4. The summed E-state index contributed by atoms with van der Waals surface area (Å²) < 4.78 is 5.75. The highest BCUT2D eigenvalue weighted by molar-refractivity contribution is 5.76. The van der Waals surface area contributed by atoms with Crippen LogP contribution in [0.3, 0.4) is 0 Å². The molecule has 1 fully saturated rings. The normalized spacial score (nSPS) is 17.9. The van der Waals surface area contributed by atoms with E-state index in [4.69, 9.17) is 4.42 Å². The van der Waals surface area contributed by atoms with Gasteiger partial charge < -0.3 is 15.1 Å². The topological polar surface area (TPSA) is 67.2 Å². The van der Waals surface area contributed by atoms with Crippen molar-refractivity contribution in [1.29, 1.82) is 0 Å². The summed E-state index contributed by atoms with van der Waals surface area (Å²) in [5.41, 5.74) is 2.22. The van der Waals surface area contributed by atoms with Gasteiger partial charge in [-0.15, -0.1) is 0 Å². The zero-order valence-corrected chi connectivity index (χ0v) is 13.5. The highest BCUT2D eigenvalue weighted by Crippen LogP contribution is 2.21. The molecule has 1 aliphatic heterocycles. The van der Waals surface area contributed by atoms with E-state index in [1.165, 1.54) is 5.56 Å². The minimum atomic E-state index is 0.0637.